The maximum Gasteiger partial charge on any atom is 0.0442 e. The van der Waals surface area contributed by atoms with E-state index in [4.69, 9.17) is 22.9 Å². The van der Waals surface area contributed by atoms with Gasteiger partial charge >= 0.3 is 0 Å². The van der Waals surface area contributed by atoms with Crippen LogP contribution in [-0.2, 0) is 262 Å². The summed E-state index contributed by atoms with van der Waals surface area (Å²) in [4.78, 5) is 3.06. The van der Waals surface area contributed by atoms with Crippen molar-refractivity contribution >= 4 is 0 Å². The first-order valence-electron chi connectivity index (χ1n) is 3.31. The molecule has 92 valence electrons. The summed E-state index contributed by atoms with van der Waals surface area (Å²) >= 11 is 0. The quantitative estimate of drug-likeness (QED) is 0.379. The molecule has 19 heavy (non-hydrogen) atoms. The van der Waals surface area contributed by atoms with E-state index in [0.717, 1.165) is 0 Å². The SMILES string of the molecule is [NH-]CN(C[NH-])CN(C[NH-])C[NH-].[Y].[Y].[Y].[Y].[Y].[Y].[Y].[Y]. The summed E-state index contributed by atoms with van der Waals surface area (Å²) in [5, 5.41) is 0. The molecule has 0 bridgehead atoms. The Bertz CT molecular complexity index is 87.7. The third-order valence-electron chi connectivity index (χ3n) is 1.29. The molecule has 4 N–H and O–H groups in total. The largest absolute Gasteiger partial charge is 0.665 e. The third-order valence-corrected chi connectivity index (χ3v) is 1.29. The average molecular weight is 869 g/mol. The molecular weight excluding hydrogens is 855 g/mol. The van der Waals surface area contributed by atoms with E-state index in [1.54, 1.807) is 0 Å². The van der Waals surface area contributed by atoms with E-state index in [9.17, 15) is 0 Å². The van der Waals surface area contributed by atoms with Crippen LogP contribution in [0.5, 0.6) is 0 Å². The molecule has 0 atom stereocenters. The molecule has 6 nitrogen and oxygen atoms in total. The molecule has 0 aliphatic carbocycles. The first-order valence-corrected chi connectivity index (χ1v) is 3.31. The van der Waals surface area contributed by atoms with Gasteiger partial charge in [-0.3, -0.25) is 0 Å². The molecule has 14 heteroatoms. The number of nitrogens with one attached hydrogen (secondary N) is 4. The minimum Gasteiger partial charge on any atom is -0.665 e. The molecule has 0 amide bonds. The second-order valence-corrected chi connectivity index (χ2v) is 2.12. The number of hydrogen-bond donors (Lipinski definition) is 0. The van der Waals surface area contributed by atoms with Gasteiger partial charge in [0.05, 0.1) is 0 Å². The van der Waals surface area contributed by atoms with E-state index >= 15 is 0 Å². The van der Waals surface area contributed by atoms with Crippen LogP contribution < -0.4 is 0 Å². The van der Waals surface area contributed by atoms with Crippen molar-refractivity contribution in [1.82, 2.24) is 9.80 Å². The van der Waals surface area contributed by atoms with Crippen molar-refractivity contribution in [1.29, 1.82) is 0 Å². The summed E-state index contributed by atoms with van der Waals surface area (Å²) in [7, 11) is 0. The van der Waals surface area contributed by atoms with Gasteiger partial charge in [0, 0.05) is 268 Å². The van der Waals surface area contributed by atoms with E-state index in [2.05, 4.69) is 0 Å². The van der Waals surface area contributed by atoms with Gasteiger partial charge in [-0.1, -0.05) is 26.7 Å². The molecule has 0 aromatic rings. The van der Waals surface area contributed by atoms with E-state index < -0.39 is 0 Å². The summed E-state index contributed by atoms with van der Waals surface area (Å²) in [5.41, 5.74) is 27.8. The number of nitrogens with zero attached hydrogens (tertiary/aromatic N) is 2. The van der Waals surface area contributed by atoms with Crippen molar-refractivity contribution in [3.8, 4) is 0 Å². The van der Waals surface area contributed by atoms with Crippen LogP contribution in [0.25, 0.3) is 22.9 Å². The molecule has 0 fully saturated rings. The predicted molar refractivity (Wildman–Crippen MR) is 45.3 cm³/mol. The third kappa shape index (κ3) is 37.9. The van der Waals surface area contributed by atoms with E-state index in [-0.39, 0.29) is 288 Å². The number of rotatable bonds is 6. The zero-order chi connectivity index (χ0) is 8.69. The molecule has 0 heterocycles. The Morgan fingerprint density at radius 2 is 0.579 bits per heavy atom. The number of hydrogen-bond acceptors (Lipinski definition) is 2. The molecule has 0 aliphatic heterocycles. The average Bonchev–Trinajstić information content (AvgIpc) is 2.07. The van der Waals surface area contributed by atoms with Gasteiger partial charge in [0.15, 0.2) is 0 Å². The topological polar surface area (TPSA) is 102 Å². The summed E-state index contributed by atoms with van der Waals surface area (Å²) in [6.45, 7) is 0.597. The molecule has 0 aliphatic rings. The van der Waals surface area contributed by atoms with Crippen LogP contribution in [0.4, 0.5) is 0 Å². The van der Waals surface area contributed by atoms with Crippen molar-refractivity contribution in [2.24, 2.45) is 0 Å². The Hall–Kier alpha value is 8.59. The van der Waals surface area contributed by atoms with Gasteiger partial charge in [-0.2, -0.15) is 0 Å². The summed E-state index contributed by atoms with van der Waals surface area (Å²) < 4.78 is 0. The van der Waals surface area contributed by atoms with Crippen LogP contribution in [0, 0.1) is 0 Å². The zero-order valence-electron chi connectivity index (χ0n) is 11.0. The fourth-order valence-corrected chi connectivity index (χ4v) is 0.595. The summed E-state index contributed by atoms with van der Waals surface area (Å²) in [6.07, 6.45) is 0. The second kappa shape index (κ2) is 45.4. The van der Waals surface area contributed by atoms with Crippen LogP contribution in [-0.4, -0.2) is 43.1 Å². The Kier molecular flexibility index (Phi) is 135. The zero-order valence-corrected chi connectivity index (χ0v) is 33.8. The molecule has 0 unspecified atom stereocenters. The standard InChI is InChI=1S/C5H14N6.8Y/c6-1-10(2-7)5-11(3-8)4-9;;;;;;;;/h6-9H,1-5H2;;;;;;;;/q-4;;;;;;;;. The minimum atomic E-state index is 0. The normalized spacial score (nSPS) is 6.63. The van der Waals surface area contributed by atoms with Gasteiger partial charge in [-0.15, -0.1) is 0 Å². The van der Waals surface area contributed by atoms with Crippen LogP contribution >= 0.6 is 0 Å². The van der Waals surface area contributed by atoms with Crippen molar-refractivity contribution in [3.05, 3.63) is 22.9 Å². The van der Waals surface area contributed by atoms with Gasteiger partial charge in [0.2, 0.25) is 0 Å². The van der Waals surface area contributed by atoms with Gasteiger partial charge in [-0.25, -0.2) is 0 Å². The maximum absolute atomic E-state index is 6.96. The molecule has 0 saturated heterocycles. The maximum atomic E-state index is 6.96. The molecule has 0 spiro atoms. The summed E-state index contributed by atoms with van der Waals surface area (Å²) in [6, 6.07) is 0. The first kappa shape index (κ1) is 56.4. The van der Waals surface area contributed by atoms with Gasteiger partial charge in [0.1, 0.15) is 0 Å². The van der Waals surface area contributed by atoms with Crippen LogP contribution in [0.2, 0.25) is 0 Å². The van der Waals surface area contributed by atoms with E-state index in [1.807, 2.05) is 0 Å². The fraction of sp³-hybridized carbons (Fsp3) is 1.00. The Labute approximate surface area is 318 Å². The Morgan fingerprint density at radius 3 is 0.684 bits per heavy atom. The minimum absolute atomic E-state index is 0. The van der Waals surface area contributed by atoms with Crippen molar-refractivity contribution in [3.63, 3.8) is 0 Å². The van der Waals surface area contributed by atoms with E-state index in [1.165, 1.54) is 9.80 Å². The fourth-order valence-electron chi connectivity index (χ4n) is 0.595. The first-order chi connectivity index (χ1) is 5.28. The summed E-state index contributed by atoms with van der Waals surface area (Å²) in [5.74, 6) is 0. The van der Waals surface area contributed by atoms with E-state index in [0.29, 0.717) is 6.67 Å². The smallest absolute Gasteiger partial charge is 0.0442 e. The predicted octanol–water partition coefficient (Wildman–Crippen LogP) is 1.57. The van der Waals surface area contributed by atoms with Crippen LogP contribution in [0.3, 0.4) is 0 Å². The molecule has 0 aromatic heterocycles. The Balaban J connectivity index is -0.0000000179. The monoisotopic (exact) mass is 869 g/mol. The molecule has 0 saturated carbocycles. The molecule has 0 aromatic carbocycles. The van der Waals surface area contributed by atoms with Gasteiger partial charge < -0.3 is 32.7 Å². The van der Waals surface area contributed by atoms with Crippen molar-refractivity contribution in [2.75, 3.05) is 33.3 Å². The molecular formula is C5H14N6Y8-4. The van der Waals surface area contributed by atoms with Crippen molar-refractivity contribution in [2.45, 2.75) is 0 Å². The Morgan fingerprint density at radius 1 is 0.421 bits per heavy atom. The van der Waals surface area contributed by atoms with Crippen LogP contribution in [0.1, 0.15) is 0 Å². The second-order valence-electron chi connectivity index (χ2n) is 2.12. The molecule has 0 rings (SSSR count). The van der Waals surface area contributed by atoms with Gasteiger partial charge in [0.25, 0.3) is 0 Å². The van der Waals surface area contributed by atoms with Gasteiger partial charge in [-0.05, 0) is 0 Å². The van der Waals surface area contributed by atoms with Crippen LogP contribution in [0.15, 0.2) is 0 Å². The van der Waals surface area contributed by atoms with Crippen molar-refractivity contribution < 1.29 is 262 Å². The molecule has 8 radical (unpaired) electrons.